The zero-order valence-electron chi connectivity index (χ0n) is 12.8. The minimum Gasteiger partial charge on any atom is -0.490 e. The number of nitriles is 1. The number of hydrogen-bond acceptors (Lipinski definition) is 3. The van der Waals surface area contributed by atoms with Crippen LogP contribution in [0.1, 0.15) is 5.56 Å². The van der Waals surface area contributed by atoms with E-state index < -0.39 is 5.91 Å². The highest BCUT2D eigenvalue weighted by Crippen LogP contribution is 2.18. The Kier molecular flexibility index (Phi) is 6.35. The standard InChI is InChI=1S/C19H15BrN2O2/c1-2-10-24-18-8-6-14(7-9-18)11-15(13-21)19(23)22-17-5-3-4-16(20)12-17/h2-9,11-12H,1,10H2,(H,22,23)/b15-11-. The molecule has 0 bridgehead atoms. The number of carbonyl (C=O) groups is 1. The summed E-state index contributed by atoms with van der Waals surface area (Å²) in [4.78, 5) is 12.2. The van der Waals surface area contributed by atoms with Crippen molar-refractivity contribution in [3.8, 4) is 11.8 Å². The summed E-state index contributed by atoms with van der Waals surface area (Å²) in [6.07, 6.45) is 3.19. The second-order valence-corrected chi connectivity index (χ2v) is 5.72. The van der Waals surface area contributed by atoms with Crippen LogP contribution in [0.3, 0.4) is 0 Å². The second kappa shape index (κ2) is 8.70. The van der Waals surface area contributed by atoms with Crippen LogP contribution in [0.15, 0.2) is 71.2 Å². The number of ether oxygens (including phenoxy) is 1. The number of anilines is 1. The van der Waals surface area contributed by atoms with E-state index in [0.29, 0.717) is 18.0 Å². The van der Waals surface area contributed by atoms with Gasteiger partial charge in [-0.1, -0.05) is 46.8 Å². The maximum absolute atomic E-state index is 12.2. The quantitative estimate of drug-likeness (QED) is 0.452. The Morgan fingerprint density at radius 1 is 1.29 bits per heavy atom. The van der Waals surface area contributed by atoms with E-state index in [1.54, 1.807) is 48.5 Å². The molecule has 0 saturated heterocycles. The predicted octanol–water partition coefficient (Wildman–Crippen LogP) is 4.56. The molecule has 5 heteroatoms. The predicted molar refractivity (Wildman–Crippen MR) is 98.5 cm³/mol. The number of carbonyl (C=O) groups excluding carboxylic acids is 1. The van der Waals surface area contributed by atoms with Crippen molar-refractivity contribution in [1.29, 1.82) is 5.26 Å². The van der Waals surface area contributed by atoms with Crippen molar-refractivity contribution in [2.45, 2.75) is 0 Å². The SMILES string of the molecule is C=CCOc1ccc(/C=C(/C#N)C(=O)Nc2cccc(Br)c2)cc1. The van der Waals surface area contributed by atoms with Crippen LogP contribution in [0.25, 0.3) is 6.08 Å². The minimum atomic E-state index is -0.456. The number of halogens is 1. The van der Waals surface area contributed by atoms with Gasteiger partial charge in [0, 0.05) is 10.2 Å². The van der Waals surface area contributed by atoms with Gasteiger partial charge in [-0.15, -0.1) is 0 Å². The number of benzene rings is 2. The second-order valence-electron chi connectivity index (χ2n) is 4.80. The molecule has 0 heterocycles. The molecule has 0 spiro atoms. The van der Waals surface area contributed by atoms with E-state index in [0.717, 1.165) is 10.0 Å². The van der Waals surface area contributed by atoms with Crippen LogP contribution in [0.5, 0.6) is 5.75 Å². The van der Waals surface area contributed by atoms with Crippen molar-refractivity contribution < 1.29 is 9.53 Å². The molecule has 0 radical (unpaired) electrons. The number of amides is 1. The minimum absolute atomic E-state index is 0.0229. The first-order chi connectivity index (χ1) is 11.6. The van der Waals surface area contributed by atoms with Crippen LogP contribution in [-0.4, -0.2) is 12.5 Å². The summed E-state index contributed by atoms with van der Waals surface area (Å²) in [5.41, 5.74) is 1.38. The third kappa shape index (κ3) is 5.11. The average molecular weight is 383 g/mol. The van der Waals surface area contributed by atoms with Gasteiger partial charge in [0.25, 0.3) is 5.91 Å². The number of nitrogens with one attached hydrogen (secondary N) is 1. The topological polar surface area (TPSA) is 62.1 Å². The average Bonchev–Trinajstić information content (AvgIpc) is 2.58. The van der Waals surface area contributed by atoms with E-state index in [9.17, 15) is 10.1 Å². The first-order valence-electron chi connectivity index (χ1n) is 7.15. The molecule has 0 atom stereocenters. The molecule has 2 aromatic carbocycles. The summed E-state index contributed by atoms with van der Waals surface area (Å²) in [5, 5.41) is 11.9. The molecule has 120 valence electrons. The lowest BCUT2D eigenvalue weighted by Gasteiger charge is -2.05. The van der Waals surface area contributed by atoms with Crippen LogP contribution in [0.4, 0.5) is 5.69 Å². The van der Waals surface area contributed by atoms with Crippen LogP contribution in [-0.2, 0) is 4.79 Å². The first-order valence-corrected chi connectivity index (χ1v) is 7.94. The Labute approximate surface area is 149 Å². The smallest absolute Gasteiger partial charge is 0.266 e. The van der Waals surface area contributed by atoms with Gasteiger partial charge in [-0.2, -0.15) is 5.26 Å². The third-order valence-electron chi connectivity index (χ3n) is 3.01. The molecule has 0 aliphatic carbocycles. The van der Waals surface area contributed by atoms with Crippen molar-refractivity contribution in [2.24, 2.45) is 0 Å². The van der Waals surface area contributed by atoms with Crippen LogP contribution < -0.4 is 10.1 Å². The molecule has 0 unspecified atom stereocenters. The van der Waals surface area contributed by atoms with E-state index in [1.807, 2.05) is 12.1 Å². The third-order valence-corrected chi connectivity index (χ3v) is 3.50. The Balaban J connectivity index is 2.12. The van der Waals surface area contributed by atoms with Gasteiger partial charge < -0.3 is 10.1 Å². The van der Waals surface area contributed by atoms with E-state index in [2.05, 4.69) is 27.8 Å². The lowest BCUT2D eigenvalue weighted by molar-refractivity contribution is -0.112. The highest BCUT2D eigenvalue weighted by Gasteiger charge is 2.09. The maximum atomic E-state index is 12.2. The van der Waals surface area contributed by atoms with Crippen molar-refractivity contribution in [3.05, 3.63) is 76.8 Å². The molecule has 1 N–H and O–H groups in total. The van der Waals surface area contributed by atoms with E-state index in [4.69, 9.17) is 4.74 Å². The van der Waals surface area contributed by atoms with Gasteiger partial charge in [-0.3, -0.25) is 4.79 Å². The molecule has 24 heavy (non-hydrogen) atoms. The maximum Gasteiger partial charge on any atom is 0.266 e. The molecule has 2 rings (SSSR count). The van der Waals surface area contributed by atoms with Crippen LogP contribution in [0, 0.1) is 11.3 Å². The number of nitrogens with zero attached hydrogens (tertiary/aromatic N) is 1. The Hall–Kier alpha value is -2.84. The van der Waals surface area contributed by atoms with Crippen molar-refractivity contribution >= 4 is 33.6 Å². The summed E-state index contributed by atoms with van der Waals surface area (Å²) in [7, 11) is 0. The zero-order valence-corrected chi connectivity index (χ0v) is 14.4. The highest BCUT2D eigenvalue weighted by atomic mass is 79.9. The monoisotopic (exact) mass is 382 g/mol. The van der Waals surface area contributed by atoms with Crippen LogP contribution in [0.2, 0.25) is 0 Å². The summed E-state index contributed by atoms with van der Waals surface area (Å²) >= 11 is 3.34. The van der Waals surface area contributed by atoms with Gasteiger partial charge in [-0.05, 0) is 42.0 Å². The van der Waals surface area contributed by atoms with Gasteiger partial charge in [0.15, 0.2) is 0 Å². The summed E-state index contributed by atoms with van der Waals surface area (Å²) < 4.78 is 6.24. The summed E-state index contributed by atoms with van der Waals surface area (Å²) in [5.74, 6) is 0.242. The fourth-order valence-electron chi connectivity index (χ4n) is 1.90. The molecule has 2 aromatic rings. The highest BCUT2D eigenvalue weighted by molar-refractivity contribution is 9.10. The largest absolute Gasteiger partial charge is 0.490 e. The fourth-order valence-corrected chi connectivity index (χ4v) is 2.29. The first kappa shape index (κ1) is 17.5. The Morgan fingerprint density at radius 2 is 2.04 bits per heavy atom. The van der Waals surface area contributed by atoms with Crippen molar-refractivity contribution in [2.75, 3.05) is 11.9 Å². The van der Waals surface area contributed by atoms with E-state index in [-0.39, 0.29) is 5.57 Å². The van der Waals surface area contributed by atoms with Gasteiger partial charge in [0.05, 0.1) is 0 Å². The summed E-state index contributed by atoms with van der Waals surface area (Å²) in [6, 6.07) is 16.2. The van der Waals surface area contributed by atoms with Crippen LogP contribution >= 0.6 is 15.9 Å². The molecule has 0 saturated carbocycles. The van der Waals surface area contributed by atoms with E-state index >= 15 is 0 Å². The Morgan fingerprint density at radius 3 is 2.67 bits per heavy atom. The van der Waals surface area contributed by atoms with Gasteiger partial charge in [-0.25, -0.2) is 0 Å². The van der Waals surface area contributed by atoms with Gasteiger partial charge in [0.2, 0.25) is 0 Å². The van der Waals surface area contributed by atoms with E-state index in [1.165, 1.54) is 6.08 Å². The van der Waals surface area contributed by atoms with Crippen molar-refractivity contribution in [3.63, 3.8) is 0 Å². The molecular formula is C19H15BrN2O2. The molecule has 0 aliphatic rings. The molecule has 4 nitrogen and oxygen atoms in total. The molecular weight excluding hydrogens is 368 g/mol. The lowest BCUT2D eigenvalue weighted by atomic mass is 10.1. The Bertz CT molecular complexity index is 805. The van der Waals surface area contributed by atoms with Gasteiger partial charge >= 0.3 is 0 Å². The molecule has 0 fully saturated rings. The molecule has 0 aromatic heterocycles. The molecule has 0 aliphatic heterocycles. The van der Waals surface area contributed by atoms with Gasteiger partial charge in [0.1, 0.15) is 24.0 Å². The normalized spacial score (nSPS) is 10.6. The number of rotatable bonds is 6. The van der Waals surface area contributed by atoms with Crippen molar-refractivity contribution in [1.82, 2.24) is 0 Å². The zero-order chi connectivity index (χ0) is 17.4. The molecule has 1 amide bonds. The number of hydrogen-bond donors (Lipinski definition) is 1. The fraction of sp³-hybridized carbons (Fsp3) is 0.0526. The lowest BCUT2D eigenvalue weighted by Crippen LogP contribution is -2.13. The summed E-state index contributed by atoms with van der Waals surface area (Å²) in [6.45, 7) is 4.01.